The summed E-state index contributed by atoms with van der Waals surface area (Å²) in [5.74, 6) is 1.47. The topological polar surface area (TPSA) is 67.2 Å². The average Bonchev–Trinajstić information content (AvgIpc) is 2.71. The summed E-state index contributed by atoms with van der Waals surface area (Å²) in [5, 5.41) is 10.0. The van der Waals surface area contributed by atoms with Gasteiger partial charge in [0.2, 0.25) is 11.8 Å². The van der Waals surface area contributed by atoms with Crippen molar-refractivity contribution in [2.45, 2.75) is 40.0 Å². The van der Waals surface area contributed by atoms with E-state index < -0.39 is 0 Å². The van der Waals surface area contributed by atoms with E-state index in [1.54, 1.807) is 0 Å². The SMILES string of the molecule is Cc1noc(NC(=O)CC(C)C2CCCNC2)c1C. The molecular formula is C14H23N3O2. The molecular weight excluding hydrogens is 242 g/mol. The quantitative estimate of drug-likeness (QED) is 0.876. The lowest BCUT2D eigenvalue weighted by atomic mass is 9.85. The van der Waals surface area contributed by atoms with Crippen molar-refractivity contribution in [3.8, 4) is 0 Å². The van der Waals surface area contributed by atoms with Gasteiger partial charge >= 0.3 is 0 Å². The molecule has 1 amide bonds. The van der Waals surface area contributed by atoms with Crippen LogP contribution in [0, 0.1) is 25.7 Å². The third kappa shape index (κ3) is 3.56. The Balaban J connectivity index is 1.85. The standard InChI is InChI=1S/C14H23N3O2/c1-9(12-5-4-6-15-8-12)7-13(18)16-14-10(2)11(3)17-19-14/h9,12,15H,4-8H2,1-3H3,(H,16,18). The van der Waals surface area contributed by atoms with Gasteiger partial charge in [-0.1, -0.05) is 12.1 Å². The number of aromatic nitrogens is 1. The molecule has 5 heteroatoms. The second-order valence-electron chi connectivity index (χ2n) is 5.56. The van der Waals surface area contributed by atoms with Crippen molar-refractivity contribution < 1.29 is 9.32 Å². The van der Waals surface area contributed by atoms with E-state index in [9.17, 15) is 4.79 Å². The first-order valence-electron chi connectivity index (χ1n) is 7.01. The number of amides is 1. The van der Waals surface area contributed by atoms with Crippen molar-refractivity contribution in [1.29, 1.82) is 0 Å². The highest BCUT2D eigenvalue weighted by atomic mass is 16.5. The van der Waals surface area contributed by atoms with Crippen LogP contribution < -0.4 is 10.6 Å². The number of rotatable bonds is 4. The normalized spacial score (nSPS) is 21.1. The van der Waals surface area contributed by atoms with E-state index in [2.05, 4.69) is 22.7 Å². The summed E-state index contributed by atoms with van der Waals surface area (Å²) in [6.45, 7) is 8.04. The van der Waals surface area contributed by atoms with Crippen LogP contribution in [0.25, 0.3) is 0 Å². The van der Waals surface area contributed by atoms with Crippen molar-refractivity contribution in [2.75, 3.05) is 18.4 Å². The summed E-state index contributed by atoms with van der Waals surface area (Å²) < 4.78 is 5.10. The van der Waals surface area contributed by atoms with E-state index >= 15 is 0 Å². The van der Waals surface area contributed by atoms with Crippen LogP contribution in [0.5, 0.6) is 0 Å². The van der Waals surface area contributed by atoms with Crippen molar-refractivity contribution in [2.24, 2.45) is 11.8 Å². The van der Waals surface area contributed by atoms with E-state index in [4.69, 9.17) is 4.52 Å². The Kier molecular flexibility index (Phi) is 4.58. The van der Waals surface area contributed by atoms with Crippen LogP contribution in [0.4, 0.5) is 5.88 Å². The maximum atomic E-state index is 12.0. The Morgan fingerprint density at radius 1 is 1.58 bits per heavy atom. The number of hydrogen-bond donors (Lipinski definition) is 2. The fraction of sp³-hybridized carbons (Fsp3) is 0.714. The molecule has 2 N–H and O–H groups in total. The molecule has 1 fully saturated rings. The highest BCUT2D eigenvalue weighted by molar-refractivity contribution is 5.90. The lowest BCUT2D eigenvalue weighted by molar-refractivity contribution is -0.117. The second-order valence-corrected chi connectivity index (χ2v) is 5.56. The zero-order chi connectivity index (χ0) is 13.8. The van der Waals surface area contributed by atoms with Gasteiger partial charge in [0.05, 0.1) is 5.69 Å². The van der Waals surface area contributed by atoms with Gasteiger partial charge in [0, 0.05) is 12.0 Å². The highest BCUT2D eigenvalue weighted by Crippen LogP contribution is 2.24. The summed E-state index contributed by atoms with van der Waals surface area (Å²) in [4.78, 5) is 12.0. The minimum atomic E-state index is 0.0114. The molecule has 1 aliphatic rings. The van der Waals surface area contributed by atoms with Crippen LogP contribution in [-0.2, 0) is 4.79 Å². The smallest absolute Gasteiger partial charge is 0.234 e. The largest absolute Gasteiger partial charge is 0.338 e. The molecule has 1 aromatic rings. The molecule has 1 aliphatic heterocycles. The second kappa shape index (κ2) is 6.19. The number of carbonyl (C=O) groups is 1. The van der Waals surface area contributed by atoms with E-state index in [0.717, 1.165) is 24.3 Å². The summed E-state index contributed by atoms with van der Waals surface area (Å²) in [7, 11) is 0. The van der Waals surface area contributed by atoms with Gasteiger partial charge in [-0.05, 0) is 51.6 Å². The molecule has 19 heavy (non-hydrogen) atoms. The molecule has 1 aromatic heterocycles. The highest BCUT2D eigenvalue weighted by Gasteiger charge is 2.22. The molecule has 0 spiro atoms. The minimum absolute atomic E-state index is 0.0114. The third-order valence-electron chi connectivity index (χ3n) is 4.06. The number of nitrogens with zero attached hydrogens (tertiary/aromatic N) is 1. The minimum Gasteiger partial charge on any atom is -0.338 e. The summed E-state index contributed by atoms with van der Waals surface area (Å²) >= 11 is 0. The van der Waals surface area contributed by atoms with Gasteiger partial charge in [-0.15, -0.1) is 0 Å². The first kappa shape index (κ1) is 14.1. The molecule has 0 aliphatic carbocycles. The number of anilines is 1. The van der Waals surface area contributed by atoms with Crippen molar-refractivity contribution >= 4 is 11.8 Å². The number of carbonyl (C=O) groups excluding carboxylic acids is 1. The lowest BCUT2D eigenvalue weighted by Gasteiger charge is -2.27. The summed E-state index contributed by atoms with van der Waals surface area (Å²) in [6, 6.07) is 0. The monoisotopic (exact) mass is 265 g/mol. The van der Waals surface area contributed by atoms with Crippen LogP contribution in [0.1, 0.15) is 37.4 Å². The van der Waals surface area contributed by atoms with Crippen LogP contribution >= 0.6 is 0 Å². The van der Waals surface area contributed by atoms with Gasteiger partial charge in [0.15, 0.2) is 0 Å². The van der Waals surface area contributed by atoms with Crippen LogP contribution in [0.15, 0.2) is 4.52 Å². The van der Waals surface area contributed by atoms with E-state index in [-0.39, 0.29) is 5.91 Å². The maximum absolute atomic E-state index is 12.0. The maximum Gasteiger partial charge on any atom is 0.234 e. The van der Waals surface area contributed by atoms with E-state index in [1.165, 1.54) is 12.8 Å². The lowest BCUT2D eigenvalue weighted by Crippen LogP contribution is -2.34. The van der Waals surface area contributed by atoms with Crippen molar-refractivity contribution in [1.82, 2.24) is 10.5 Å². The molecule has 0 saturated carbocycles. The van der Waals surface area contributed by atoms with Gasteiger partial charge in [-0.25, -0.2) is 0 Å². The third-order valence-corrected chi connectivity index (χ3v) is 4.06. The zero-order valence-corrected chi connectivity index (χ0v) is 12.0. The Morgan fingerprint density at radius 3 is 2.95 bits per heavy atom. The van der Waals surface area contributed by atoms with Gasteiger partial charge in [0.1, 0.15) is 0 Å². The number of aryl methyl sites for hydroxylation is 1. The molecule has 2 unspecified atom stereocenters. The fourth-order valence-corrected chi connectivity index (χ4v) is 2.53. The average molecular weight is 265 g/mol. The van der Waals surface area contributed by atoms with Gasteiger partial charge in [-0.3, -0.25) is 10.1 Å². The summed E-state index contributed by atoms with van der Waals surface area (Å²) in [6.07, 6.45) is 2.95. The Bertz CT molecular complexity index is 436. The molecule has 0 radical (unpaired) electrons. The van der Waals surface area contributed by atoms with Crippen molar-refractivity contribution in [3.63, 3.8) is 0 Å². The molecule has 1 saturated heterocycles. The molecule has 106 valence electrons. The molecule has 2 atom stereocenters. The molecule has 0 bridgehead atoms. The summed E-state index contributed by atoms with van der Waals surface area (Å²) in [5.41, 5.74) is 1.72. The first-order valence-corrected chi connectivity index (χ1v) is 7.01. The van der Waals surface area contributed by atoms with E-state index in [1.807, 2.05) is 13.8 Å². The van der Waals surface area contributed by atoms with Gasteiger partial charge < -0.3 is 9.84 Å². The fourth-order valence-electron chi connectivity index (χ4n) is 2.53. The zero-order valence-electron chi connectivity index (χ0n) is 12.0. The number of nitrogens with one attached hydrogen (secondary N) is 2. The number of piperidine rings is 1. The van der Waals surface area contributed by atoms with Gasteiger partial charge in [-0.2, -0.15) is 0 Å². The Morgan fingerprint density at radius 2 is 2.37 bits per heavy atom. The molecule has 5 nitrogen and oxygen atoms in total. The molecule has 0 aromatic carbocycles. The predicted octanol–water partition coefficient (Wildman–Crippen LogP) is 2.26. The predicted molar refractivity (Wildman–Crippen MR) is 74.0 cm³/mol. The first-order chi connectivity index (χ1) is 9.08. The van der Waals surface area contributed by atoms with Crippen LogP contribution in [-0.4, -0.2) is 24.2 Å². The molecule has 2 rings (SSSR count). The number of hydrogen-bond acceptors (Lipinski definition) is 4. The van der Waals surface area contributed by atoms with Crippen LogP contribution in [0.2, 0.25) is 0 Å². The van der Waals surface area contributed by atoms with Crippen molar-refractivity contribution in [3.05, 3.63) is 11.3 Å². The molecule has 2 heterocycles. The Labute approximate surface area is 114 Å². The van der Waals surface area contributed by atoms with Crippen LogP contribution in [0.3, 0.4) is 0 Å². The van der Waals surface area contributed by atoms with E-state index in [0.29, 0.717) is 24.1 Å². The van der Waals surface area contributed by atoms with Gasteiger partial charge in [0.25, 0.3) is 0 Å². The Hall–Kier alpha value is -1.36.